The summed E-state index contributed by atoms with van der Waals surface area (Å²) in [5, 5.41) is 27.0. The van der Waals surface area contributed by atoms with E-state index in [2.05, 4.69) is 10.2 Å². The molecule has 2 atom stereocenters. The molecule has 0 aliphatic carbocycles. The van der Waals surface area contributed by atoms with E-state index in [9.17, 15) is 10.2 Å². The molecule has 1 aromatic carbocycles. The van der Waals surface area contributed by atoms with Crippen molar-refractivity contribution >= 4 is 28.3 Å². The van der Waals surface area contributed by atoms with Crippen LogP contribution in [0.4, 0.5) is 5.82 Å². The first-order chi connectivity index (χ1) is 8.13. The third-order valence-electron chi connectivity index (χ3n) is 2.73. The fraction of sp³-hybridized carbons (Fsp3) is 0.364. The first-order valence-electron chi connectivity index (χ1n) is 5.29. The van der Waals surface area contributed by atoms with Crippen LogP contribution in [0.3, 0.4) is 0 Å². The molecule has 5 nitrogen and oxygen atoms in total. The molecule has 0 bridgehead atoms. The monoisotopic (exact) mass is 255 g/mol. The number of aliphatic hydroxyl groups is 2. The number of nitrogens with one attached hydrogen (secondary N) is 1. The Balaban J connectivity index is 2.29. The summed E-state index contributed by atoms with van der Waals surface area (Å²) < 4.78 is 0. The third-order valence-corrected chi connectivity index (χ3v) is 2.95. The van der Waals surface area contributed by atoms with Crippen LogP contribution in [0.2, 0.25) is 0 Å². The van der Waals surface area contributed by atoms with Crippen molar-refractivity contribution in [2.75, 3.05) is 11.6 Å². The second kappa shape index (κ2) is 4.91. The van der Waals surface area contributed by atoms with Crippen LogP contribution in [0.15, 0.2) is 18.2 Å². The summed E-state index contributed by atoms with van der Waals surface area (Å²) >= 11 is 5.52. The number of H-pyrrole nitrogens is 1. The van der Waals surface area contributed by atoms with Crippen LogP contribution in [-0.4, -0.2) is 32.4 Å². The molecule has 1 aromatic heterocycles. The quantitative estimate of drug-likeness (QED) is 0.617. The lowest BCUT2D eigenvalue weighted by Gasteiger charge is -2.17. The van der Waals surface area contributed by atoms with Crippen molar-refractivity contribution in [3.05, 3.63) is 23.8 Å². The summed E-state index contributed by atoms with van der Waals surface area (Å²) in [5.74, 6) is 0.722. The number of aliphatic hydroxyl groups excluding tert-OH is 2. The van der Waals surface area contributed by atoms with E-state index < -0.39 is 12.2 Å². The molecule has 92 valence electrons. The van der Waals surface area contributed by atoms with Crippen LogP contribution >= 0.6 is 11.6 Å². The Morgan fingerprint density at radius 2 is 2.18 bits per heavy atom. The normalized spacial score (nSPS) is 15.0. The molecule has 2 rings (SSSR count). The van der Waals surface area contributed by atoms with Crippen LogP contribution in [0.25, 0.3) is 10.9 Å². The van der Waals surface area contributed by atoms with Crippen molar-refractivity contribution in [1.82, 2.24) is 10.2 Å². The minimum absolute atomic E-state index is 0.303. The van der Waals surface area contributed by atoms with Gasteiger partial charge in [-0.1, -0.05) is 6.07 Å². The van der Waals surface area contributed by atoms with Crippen molar-refractivity contribution in [3.8, 4) is 0 Å². The third kappa shape index (κ3) is 2.36. The van der Waals surface area contributed by atoms with E-state index in [0.717, 1.165) is 10.9 Å². The van der Waals surface area contributed by atoms with Crippen molar-refractivity contribution in [3.63, 3.8) is 0 Å². The van der Waals surface area contributed by atoms with Gasteiger partial charge in [-0.3, -0.25) is 5.10 Å². The highest BCUT2D eigenvalue weighted by Crippen LogP contribution is 2.25. The Morgan fingerprint density at radius 3 is 2.88 bits per heavy atom. The zero-order valence-electron chi connectivity index (χ0n) is 9.10. The van der Waals surface area contributed by atoms with Gasteiger partial charge in [-0.05, 0) is 24.1 Å². The summed E-state index contributed by atoms with van der Waals surface area (Å²) in [7, 11) is 0. The zero-order valence-corrected chi connectivity index (χ0v) is 9.85. The number of hydrogen-bond acceptors (Lipinski definition) is 4. The van der Waals surface area contributed by atoms with Crippen molar-refractivity contribution < 1.29 is 10.2 Å². The Morgan fingerprint density at radius 1 is 1.41 bits per heavy atom. The second-order valence-corrected chi connectivity index (χ2v) is 4.28. The molecular formula is C11H14ClN3O2. The molecule has 2 unspecified atom stereocenters. The van der Waals surface area contributed by atoms with Crippen molar-refractivity contribution in [2.24, 2.45) is 0 Å². The Kier molecular flexibility index (Phi) is 3.51. The van der Waals surface area contributed by atoms with Gasteiger partial charge in [-0.2, -0.15) is 5.10 Å². The average molecular weight is 256 g/mol. The molecule has 0 spiro atoms. The molecule has 0 aliphatic heterocycles. The van der Waals surface area contributed by atoms with Gasteiger partial charge in [0.05, 0.1) is 11.6 Å². The molecule has 0 radical (unpaired) electrons. The largest absolute Gasteiger partial charge is 0.390 e. The smallest absolute Gasteiger partial charge is 0.153 e. The predicted octanol–water partition coefficient (Wildman–Crippen LogP) is 1.17. The fourth-order valence-electron chi connectivity index (χ4n) is 1.73. The van der Waals surface area contributed by atoms with E-state index in [1.807, 2.05) is 0 Å². The van der Waals surface area contributed by atoms with Crippen LogP contribution in [0.5, 0.6) is 0 Å². The number of fused-ring (bicyclic) bond motifs is 1. The molecule has 0 saturated carbocycles. The van der Waals surface area contributed by atoms with Crippen LogP contribution < -0.4 is 5.73 Å². The van der Waals surface area contributed by atoms with Gasteiger partial charge < -0.3 is 15.9 Å². The molecule has 0 amide bonds. The molecular weight excluding hydrogens is 242 g/mol. The molecule has 2 aromatic rings. The summed E-state index contributed by atoms with van der Waals surface area (Å²) in [5.41, 5.74) is 6.98. The highest BCUT2D eigenvalue weighted by molar-refractivity contribution is 6.17. The Hall–Kier alpha value is -1.30. The number of nitrogen functional groups attached to an aromatic ring is 1. The minimum atomic E-state index is -0.956. The first kappa shape index (κ1) is 12.2. The molecule has 0 fully saturated rings. The Labute approximate surface area is 103 Å². The van der Waals surface area contributed by atoms with E-state index >= 15 is 0 Å². The van der Waals surface area contributed by atoms with Gasteiger partial charge in [-0.25, -0.2) is 0 Å². The number of halogens is 1. The van der Waals surface area contributed by atoms with Gasteiger partial charge in [-0.15, -0.1) is 11.6 Å². The molecule has 6 heteroatoms. The molecule has 0 aliphatic rings. The highest BCUT2D eigenvalue weighted by Gasteiger charge is 2.18. The van der Waals surface area contributed by atoms with E-state index in [-0.39, 0.29) is 0 Å². The van der Waals surface area contributed by atoms with Gasteiger partial charge in [0.25, 0.3) is 0 Å². The number of alkyl halides is 1. The van der Waals surface area contributed by atoms with E-state index in [1.165, 1.54) is 0 Å². The lowest BCUT2D eigenvalue weighted by Crippen LogP contribution is -2.18. The molecule has 0 saturated heterocycles. The highest BCUT2D eigenvalue weighted by atomic mass is 35.5. The topological polar surface area (TPSA) is 95.2 Å². The molecule has 5 N–H and O–H groups in total. The van der Waals surface area contributed by atoms with Crippen LogP contribution in [-0.2, 0) is 0 Å². The van der Waals surface area contributed by atoms with Crippen molar-refractivity contribution in [2.45, 2.75) is 18.6 Å². The molecule has 17 heavy (non-hydrogen) atoms. The maximum absolute atomic E-state index is 9.91. The summed E-state index contributed by atoms with van der Waals surface area (Å²) in [6.45, 7) is 0. The maximum Gasteiger partial charge on any atom is 0.153 e. The number of nitrogens with two attached hydrogens (primary N) is 1. The fourth-order valence-corrected chi connectivity index (χ4v) is 1.96. The standard InChI is InChI=1S/C11H14ClN3O2/c12-4-3-9(16)10(17)6-1-2-7-8(5-6)14-15-11(7)13/h1-2,5,9-10,16-17H,3-4H2,(H3,13,14,15). The van der Waals surface area contributed by atoms with Crippen LogP contribution in [0.1, 0.15) is 18.1 Å². The van der Waals surface area contributed by atoms with Gasteiger partial charge >= 0.3 is 0 Å². The summed E-state index contributed by atoms with van der Waals surface area (Å²) in [6, 6.07) is 5.21. The number of rotatable bonds is 4. The summed E-state index contributed by atoms with van der Waals surface area (Å²) in [4.78, 5) is 0. The Bertz CT molecular complexity index is 514. The van der Waals surface area contributed by atoms with E-state index in [0.29, 0.717) is 23.7 Å². The number of benzene rings is 1. The number of anilines is 1. The summed E-state index contributed by atoms with van der Waals surface area (Å²) in [6.07, 6.45) is -1.49. The van der Waals surface area contributed by atoms with E-state index in [1.54, 1.807) is 18.2 Å². The SMILES string of the molecule is Nc1n[nH]c2cc(C(O)C(O)CCCl)ccc12. The average Bonchev–Trinajstić information content (AvgIpc) is 2.70. The second-order valence-electron chi connectivity index (χ2n) is 3.90. The number of aromatic amines is 1. The van der Waals surface area contributed by atoms with Crippen molar-refractivity contribution in [1.29, 1.82) is 0 Å². The van der Waals surface area contributed by atoms with Crippen LogP contribution in [0, 0.1) is 0 Å². The van der Waals surface area contributed by atoms with Gasteiger partial charge in [0, 0.05) is 11.3 Å². The first-order valence-corrected chi connectivity index (χ1v) is 5.82. The lowest BCUT2D eigenvalue weighted by molar-refractivity contribution is 0.0171. The van der Waals surface area contributed by atoms with Gasteiger partial charge in [0.15, 0.2) is 5.82 Å². The minimum Gasteiger partial charge on any atom is -0.390 e. The van der Waals surface area contributed by atoms with Gasteiger partial charge in [0.2, 0.25) is 0 Å². The maximum atomic E-state index is 9.91. The zero-order chi connectivity index (χ0) is 12.4. The number of aromatic nitrogens is 2. The number of nitrogens with zero attached hydrogens (tertiary/aromatic N) is 1. The van der Waals surface area contributed by atoms with E-state index in [4.69, 9.17) is 17.3 Å². The van der Waals surface area contributed by atoms with Gasteiger partial charge in [0.1, 0.15) is 6.10 Å². The lowest BCUT2D eigenvalue weighted by atomic mass is 10.0. The number of hydrogen-bond donors (Lipinski definition) is 4. The predicted molar refractivity (Wildman–Crippen MR) is 66.8 cm³/mol. The molecule has 1 heterocycles.